The van der Waals surface area contributed by atoms with Crippen molar-refractivity contribution >= 4 is 17.5 Å². The number of nitrogens with two attached hydrogens (primary N) is 1. The Labute approximate surface area is 93.6 Å². The van der Waals surface area contributed by atoms with Crippen LogP contribution in [-0.2, 0) is 0 Å². The molecule has 2 N–H and O–H groups in total. The molecule has 0 spiro atoms. The largest absolute Gasteiger partial charge is 0.307 e. The number of carbonyl (C=O) groups is 1. The lowest BCUT2D eigenvalue weighted by molar-refractivity contribution is 0.0933. The second-order valence-corrected chi connectivity index (χ2v) is 4.75. The molecule has 1 unspecified atom stereocenters. The van der Waals surface area contributed by atoms with Crippen molar-refractivity contribution in [3.05, 3.63) is 35.9 Å². The van der Waals surface area contributed by atoms with Crippen LogP contribution in [0.3, 0.4) is 0 Å². The first-order valence-electron chi connectivity index (χ1n) is 4.97. The van der Waals surface area contributed by atoms with Crippen molar-refractivity contribution in [2.24, 2.45) is 5.73 Å². The van der Waals surface area contributed by atoms with Crippen molar-refractivity contribution in [1.82, 2.24) is 4.90 Å². The Hall–Kier alpha value is -0.840. The summed E-state index contributed by atoms with van der Waals surface area (Å²) in [6.45, 7) is 1.34. The number of hydrogen-bond acceptors (Lipinski definition) is 4. The summed E-state index contributed by atoms with van der Waals surface area (Å²) in [6, 6.07) is 9.36. The number of nitrogens with zero attached hydrogens (tertiary/aromatic N) is 1. The number of Topliss-reactive ketones (excluding diaryl/α,β-unsaturated/α-hetero) is 1. The Balaban J connectivity index is 1.98. The van der Waals surface area contributed by atoms with E-state index in [1.54, 1.807) is 11.8 Å². The van der Waals surface area contributed by atoms with Gasteiger partial charge in [-0.3, -0.25) is 9.69 Å². The molecular weight excluding hydrogens is 208 g/mol. The summed E-state index contributed by atoms with van der Waals surface area (Å²) < 4.78 is 0. The molecule has 3 nitrogen and oxygen atoms in total. The Morgan fingerprint density at radius 2 is 2.20 bits per heavy atom. The zero-order valence-electron chi connectivity index (χ0n) is 8.43. The Morgan fingerprint density at radius 1 is 1.47 bits per heavy atom. The molecular formula is C11H14N2OS. The maximum absolute atomic E-state index is 11.8. The number of rotatable bonds is 3. The molecule has 1 aliphatic rings. The van der Waals surface area contributed by atoms with Gasteiger partial charge in [-0.05, 0) is 0 Å². The highest BCUT2D eigenvalue weighted by molar-refractivity contribution is 8.00. The van der Waals surface area contributed by atoms with Gasteiger partial charge in [-0.1, -0.05) is 30.3 Å². The third kappa shape index (κ3) is 2.59. The van der Waals surface area contributed by atoms with Gasteiger partial charge < -0.3 is 5.73 Å². The van der Waals surface area contributed by atoms with Crippen LogP contribution < -0.4 is 5.73 Å². The zero-order valence-corrected chi connectivity index (χ0v) is 9.24. The van der Waals surface area contributed by atoms with Gasteiger partial charge in [-0.25, -0.2) is 0 Å². The van der Waals surface area contributed by atoms with Gasteiger partial charge in [0, 0.05) is 17.9 Å². The second-order valence-electron chi connectivity index (χ2n) is 3.52. The fourth-order valence-corrected chi connectivity index (χ4v) is 2.56. The van der Waals surface area contributed by atoms with Crippen LogP contribution in [0.2, 0.25) is 0 Å². The molecule has 0 saturated carbocycles. The number of thioether (sulfide) groups is 1. The Morgan fingerprint density at radius 3 is 2.80 bits per heavy atom. The lowest BCUT2D eigenvalue weighted by atomic mass is 10.1. The SMILES string of the molecule is NC1SCCN1CC(=O)c1ccccc1. The van der Waals surface area contributed by atoms with Gasteiger partial charge in [-0.2, -0.15) is 0 Å². The molecule has 0 bridgehead atoms. The Bertz CT molecular complexity index is 342. The third-order valence-electron chi connectivity index (χ3n) is 2.47. The van der Waals surface area contributed by atoms with E-state index in [4.69, 9.17) is 5.73 Å². The normalized spacial score (nSPS) is 21.8. The lowest BCUT2D eigenvalue weighted by Gasteiger charge is -2.18. The maximum atomic E-state index is 11.8. The molecule has 15 heavy (non-hydrogen) atoms. The van der Waals surface area contributed by atoms with E-state index in [0.29, 0.717) is 6.54 Å². The van der Waals surface area contributed by atoms with Crippen LogP contribution in [0.25, 0.3) is 0 Å². The topological polar surface area (TPSA) is 46.3 Å². The van der Waals surface area contributed by atoms with Crippen molar-refractivity contribution in [2.75, 3.05) is 18.8 Å². The maximum Gasteiger partial charge on any atom is 0.176 e. The molecule has 4 heteroatoms. The molecule has 1 fully saturated rings. The number of carbonyl (C=O) groups excluding carboxylic acids is 1. The molecule has 0 amide bonds. The standard InChI is InChI=1S/C11H14N2OS/c12-11-13(6-7-15-11)8-10(14)9-4-2-1-3-5-9/h1-5,11H,6-8,12H2. The van der Waals surface area contributed by atoms with Gasteiger partial charge in [0.15, 0.2) is 5.78 Å². The average molecular weight is 222 g/mol. The van der Waals surface area contributed by atoms with Crippen LogP contribution >= 0.6 is 11.8 Å². The molecule has 80 valence electrons. The average Bonchev–Trinajstić information content (AvgIpc) is 2.66. The van der Waals surface area contributed by atoms with E-state index >= 15 is 0 Å². The van der Waals surface area contributed by atoms with Crippen LogP contribution in [0.15, 0.2) is 30.3 Å². The molecule has 2 rings (SSSR count). The smallest absolute Gasteiger partial charge is 0.176 e. The molecule has 0 aliphatic carbocycles. The molecule has 1 saturated heterocycles. The second kappa shape index (κ2) is 4.79. The quantitative estimate of drug-likeness (QED) is 0.780. The Kier molecular flexibility index (Phi) is 3.41. The third-order valence-corrected chi connectivity index (χ3v) is 3.53. The fourth-order valence-electron chi connectivity index (χ4n) is 1.59. The van der Waals surface area contributed by atoms with Gasteiger partial charge in [0.05, 0.1) is 6.54 Å². The van der Waals surface area contributed by atoms with Crippen LogP contribution in [-0.4, -0.2) is 35.0 Å². The predicted octanol–water partition coefficient (Wildman–Crippen LogP) is 1.16. The summed E-state index contributed by atoms with van der Waals surface area (Å²) in [5.41, 5.74) is 6.59. The van der Waals surface area contributed by atoms with E-state index in [-0.39, 0.29) is 11.3 Å². The summed E-state index contributed by atoms with van der Waals surface area (Å²) in [4.78, 5) is 13.9. The van der Waals surface area contributed by atoms with Gasteiger partial charge in [0.1, 0.15) is 5.50 Å². The van der Waals surface area contributed by atoms with Gasteiger partial charge >= 0.3 is 0 Å². The molecule has 0 aromatic heterocycles. The van der Waals surface area contributed by atoms with Crippen molar-refractivity contribution in [1.29, 1.82) is 0 Å². The van der Waals surface area contributed by atoms with Crippen molar-refractivity contribution < 1.29 is 4.79 Å². The van der Waals surface area contributed by atoms with E-state index < -0.39 is 0 Å². The van der Waals surface area contributed by atoms with E-state index in [1.807, 2.05) is 35.2 Å². The summed E-state index contributed by atoms with van der Waals surface area (Å²) in [5.74, 6) is 1.16. The monoisotopic (exact) mass is 222 g/mol. The van der Waals surface area contributed by atoms with E-state index in [0.717, 1.165) is 17.9 Å². The highest BCUT2D eigenvalue weighted by Gasteiger charge is 2.23. The summed E-state index contributed by atoms with van der Waals surface area (Å²) >= 11 is 1.69. The van der Waals surface area contributed by atoms with E-state index in [1.165, 1.54) is 0 Å². The van der Waals surface area contributed by atoms with Crippen molar-refractivity contribution in [2.45, 2.75) is 5.50 Å². The van der Waals surface area contributed by atoms with Crippen molar-refractivity contribution in [3.63, 3.8) is 0 Å². The first kappa shape index (κ1) is 10.7. The van der Waals surface area contributed by atoms with Crippen LogP contribution in [0.1, 0.15) is 10.4 Å². The lowest BCUT2D eigenvalue weighted by Crippen LogP contribution is -2.38. The van der Waals surface area contributed by atoms with Gasteiger partial charge in [-0.15, -0.1) is 11.8 Å². The molecule has 1 atom stereocenters. The minimum Gasteiger partial charge on any atom is -0.307 e. The first-order valence-corrected chi connectivity index (χ1v) is 6.02. The van der Waals surface area contributed by atoms with Crippen LogP contribution in [0.4, 0.5) is 0 Å². The zero-order chi connectivity index (χ0) is 10.7. The van der Waals surface area contributed by atoms with Gasteiger partial charge in [0.25, 0.3) is 0 Å². The summed E-state index contributed by atoms with van der Waals surface area (Å²) in [7, 11) is 0. The summed E-state index contributed by atoms with van der Waals surface area (Å²) in [5, 5.41) is 0. The minimum atomic E-state index is -0.0161. The summed E-state index contributed by atoms with van der Waals surface area (Å²) in [6.07, 6.45) is 0. The number of ketones is 1. The highest BCUT2D eigenvalue weighted by atomic mass is 32.2. The highest BCUT2D eigenvalue weighted by Crippen LogP contribution is 2.19. The molecule has 1 aliphatic heterocycles. The van der Waals surface area contributed by atoms with Gasteiger partial charge in [0.2, 0.25) is 0 Å². The van der Waals surface area contributed by atoms with Crippen molar-refractivity contribution in [3.8, 4) is 0 Å². The van der Waals surface area contributed by atoms with E-state index in [9.17, 15) is 4.79 Å². The number of hydrogen-bond donors (Lipinski definition) is 1. The fraction of sp³-hybridized carbons (Fsp3) is 0.364. The van der Waals surface area contributed by atoms with E-state index in [2.05, 4.69) is 0 Å². The van der Waals surface area contributed by atoms with Crippen LogP contribution in [0, 0.1) is 0 Å². The predicted molar refractivity (Wildman–Crippen MR) is 62.8 cm³/mol. The first-order chi connectivity index (χ1) is 7.27. The van der Waals surface area contributed by atoms with Crippen LogP contribution in [0.5, 0.6) is 0 Å². The molecule has 1 heterocycles. The number of benzene rings is 1. The molecule has 1 aromatic rings. The minimum absolute atomic E-state index is 0.0161. The molecule has 1 aromatic carbocycles. The molecule has 0 radical (unpaired) electrons.